The Morgan fingerprint density at radius 1 is 1.69 bits per heavy atom. The maximum absolute atomic E-state index is 5.70. The summed E-state index contributed by atoms with van der Waals surface area (Å²) < 4.78 is 1.83. The van der Waals surface area contributed by atoms with Gasteiger partial charge in [0.25, 0.3) is 0 Å². The van der Waals surface area contributed by atoms with Crippen molar-refractivity contribution in [3.63, 3.8) is 0 Å². The van der Waals surface area contributed by atoms with Gasteiger partial charge in [-0.2, -0.15) is 5.10 Å². The molecule has 1 aromatic heterocycles. The lowest BCUT2D eigenvalue weighted by molar-refractivity contribution is 0.676. The summed E-state index contributed by atoms with van der Waals surface area (Å²) >= 11 is 0. The third-order valence-corrected chi connectivity index (χ3v) is 2.67. The molecule has 2 rings (SSSR count). The Kier molecular flexibility index (Phi) is 2.22. The molecule has 0 amide bonds. The van der Waals surface area contributed by atoms with Crippen molar-refractivity contribution in [1.82, 2.24) is 9.78 Å². The third kappa shape index (κ3) is 1.54. The maximum Gasteiger partial charge on any atom is 0.0755 e. The van der Waals surface area contributed by atoms with Gasteiger partial charge in [-0.3, -0.25) is 4.68 Å². The zero-order chi connectivity index (χ0) is 9.26. The molecule has 0 bridgehead atoms. The van der Waals surface area contributed by atoms with Crippen molar-refractivity contribution in [2.75, 3.05) is 18.0 Å². The first-order valence-corrected chi connectivity index (χ1v) is 4.76. The highest BCUT2D eigenvalue weighted by atomic mass is 15.3. The van der Waals surface area contributed by atoms with Crippen molar-refractivity contribution in [2.45, 2.75) is 18.9 Å². The summed E-state index contributed by atoms with van der Waals surface area (Å²) in [4.78, 5) is 2.35. The number of rotatable bonds is 2. The minimum absolute atomic E-state index is 0.518. The molecule has 1 atom stereocenters. The first kappa shape index (κ1) is 8.56. The lowest BCUT2D eigenvalue weighted by atomic mass is 10.2. The number of aromatic nitrogens is 2. The van der Waals surface area contributed by atoms with Gasteiger partial charge >= 0.3 is 0 Å². The average molecular weight is 180 g/mol. The molecule has 2 heterocycles. The van der Waals surface area contributed by atoms with Crippen LogP contribution in [-0.4, -0.2) is 28.9 Å². The Morgan fingerprint density at radius 2 is 2.54 bits per heavy atom. The largest absolute Gasteiger partial charge is 0.365 e. The molecular weight excluding hydrogens is 164 g/mol. The van der Waals surface area contributed by atoms with E-state index < -0.39 is 0 Å². The topological polar surface area (TPSA) is 47.1 Å². The van der Waals surface area contributed by atoms with Crippen LogP contribution < -0.4 is 10.6 Å². The Hall–Kier alpha value is -1.03. The van der Waals surface area contributed by atoms with E-state index in [2.05, 4.69) is 10.00 Å². The highest BCUT2D eigenvalue weighted by molar-refractivity contribution is 5.44. The Balaban J connectivity index is 2.15. The monoisotopic (exact) mass is 180 g/mol. The van der Waals surface area contributed by atoms with Crippen LogP contribution in [0.4, 0.5) is 5.69 Å². The van der Waals surface area contributed by atoms with Gasteiger partial charge in [0.05, 0.1) is 11.9 Å². The molecular formula is C9H16N4. The fourth-order valence-corrected chi connectivity index (χ4v) is 1.98. The van der Waals surface area contributed by atoms with Crippen LogP contribution in [0, 0.1) is 0 Å². The third-order valence-electron chi connectivity index (χ3n) is 2.67. The molecule has 1 aromatic rings. The summed E-state index contributed by atoms with van der Waals surface area (Å²) in [6.07, 6.45) is 6.42. The Labute approximate surface area is 78.3 Å². The first-order valence-electron chi connectivity index (χ1n) is 4.76. The van der Waals surface area contributed by atoms with Crippen molar-refractivity contribution in [2.24, 2.45) is 12.8 Å². The molecule has 4 nitrogen and oxygen atoms in total. The second kappa shape index (κ2) is 3.38. The second-order valence-corrected chi connectivity index (χ2v) is 3.60. The van der Waals surface area contributed by atoms with Crippen LogP contribution in [0.25, 0.3) is 0 Å². The van der Waals surface area contributed by atoms with E-state index in [1.807, 2.05) is 24.1 Å². The summed E-state index contributed by atoms with van der Waals surface area (Å²) in [5, 5.41) is 4.16. The minimum atomic E-state index is 0.518. The molecule has 2 N–H and O–H groups in total. The average Bonchev–Trinajstić information content (AvgIpc) is 2.71. The van der Waals surface area contributed by atoms with E-state index in [-0.39, 0.29) is 0 Å². The summed E-state index contributed by atoms with van der Waals surface area (Å²) in [7, 11) is 1.94. The summed E-state index contributed by atoms with van der Waals surface area (Å²) in [6, 6.07) is 0.518. The van der Waals surface area contributed by atoms with E-state index in [9.17, 15) is 0 Å². The molecule has 1 aliphatic rings. The van der Waals surface area contributed by atoms with Gasteiger partial charge in [-0.1, -0.05) is 0 Å². The van der Waals surface area contributed by atoms with Gasteiger partial charge in [-0.15, -0.1) is 0 Å². The van der Waals surface area contributed by atoms with Gasteiger partial charge < -0.3 is 10.6 Å². The molecule has 4 heteroatoms. The number of nitrogens with zero attached hydrogens (tertiary/aromatic N) is 3. The highest BCUT2D eigenvalue weighted by Crippen LogP contribution is 2.23. The Bertz CT molecular complexity index is 281. The van der Waals surface area contributed by atoms with Crippen molar-refractivity contribution in [3.05, 3.63) is 12.4 Å². The predicted molar refractivity (Wildman–Crippen MR) is 52.6 cm³/mol. The highest BCUT2D eigenvalue weighted by Gasteiger charge is 2.23. The number of hydrogen-bond acceptors (Lipinski definition) is 3. The molecule has 0 aromatic carbocycles. The number of anilines is 1. The second-order valence-electron chi connectivity index (χ2n) is 3.60. The van der Waals surface area contributed by atoms with Gasteiger partial charge in [0.15, 0.2) is 0 Å². The molecule has 0 spiro atoms. The number of hydrogen-bond donors (Lipinski definition) is 1. The molecule has 0 unspecified atom stereocenters. The lowest BCUT2D eigenvalue weighted by Gasteiger charge is -2.23. The van der Waals surface area contributed by atoms with E-state index in [0.717, 1.165) is 13.1 Å². The van der Waals surface area contributed by atoms with Crippen LogP contribution in [0.5, 0.6) is 0 Å². The molecule has 1 saturated heterocycles. The van der Waals surface area contributed by atoms with E-state index in [1.165, 1.54) is 18.5 Å². The van der Waals surface area contributed by atoms with Crippen molar-refractivity contribution in [3.8, 4) is 0 Å². The van der Waals surface area contributed by atoms with Crippen LogP contribution in [0.15, 0.2) is 12.4 Å². The van der Waals surface area contributed by atoms with E-state index in [0.29, 0.717) is 6.04 Å². The molecule has 13 heavy (non-hydrogen) atoms. The number of aryl methyl sites for hydroxylation is 1. The lowest BCUT2D eigenvalue weighted by Crippen LogP contribution is -2.35. The number of nitrogens with two attached hydrogens (primary N) is 1. The zero-order valence-corrected chi connectivity index (χ0v) is 7.98. The van der Waals surface area contributed by atoms with Crippen molar-refractivity contribution < 1.29 is 0 Å². The van der Waals surface area contributed by atoms with Crippen LogP contribution in [0.1, 0.15) is 12.8 Å². The molecule has 72 valence electrons. The molecule has 1 fully saturated rings. The maximum atomic E-state index is 5.70. The molecule has 0 aliphatic carbocycles. The summed E-state index contributed by atoms with van der Waals surface area (Å²) in [5.74, 6) is 0. The van der Waals surface area contributed by atoms with Gasteiger partial charge in [0, 0.05) is 32.4 Å². The van der Waals surface area contributed by atoms with Gasteiger partial charge in [-0.25, -0.2) is 0 Å². The Morgan fingerprint density at radius 3 is 3.15 bits per heavy atom. The smallest absolute Gasteiger partial charge is 0.0755 e. The van der Waals surface area contributed by atoms with Gasteiger partial charge in [0.2, 0.25) is 0 Å². The van der Waals surface area contributed by atoms with Crippen LogP contribution >= 0.6 is 0 Å². The minimum Gasteiger partial charge on any atom is -0.365 e. The summed E-state index contributed by atoms with van der Waals surface area (Å²) in [6.45, 7) is 1.86. The summed E-state index contributed by atoms with van der Waals surface area (Å²) in [5.41, 5.74) is 6.90. The molecule has 1 aliphatic heterocycles. The van der Waals surface area contributed by atoms with E-state index >= 15 is 0 Å². The molecule has 0 saturated carbocycles. The SMILES string of the molecule is Cn1cc(N2CCC[C@@H]2CN)cn1. The normalized spacial score (nSPS) is 22.6. The van der Waals surface area contributed by atoms with Crippen LogP contribution in [-0.2, 0) is 7.05 Å². The first-order chi connectivity index (χ1) is 6.31. The van der Waals surface area contributed by atoms with Crippen molar-refractivity contribution in [1.29, 1.82) is 0 Å². The fraction of sp³-hybridized carbons (Fsp3) is 0.667. The fourth-order valence-electron chi connectivity index (χ4n) is 1.98. The molecule has 0 radical (unpaired) electrons. The van der Waals surface area contributed by atoms with Crippen LogP contribution in [0.3, 0.4) is 0 Å². The van der Waals surface area contributed by atoms with E-state index in [1.54, 1.807) is 0 Å². The standard InChI is InChI=1S/C9H16N4/c1-12-7-9(6-11-12)13-4-2-3-8(13)5-10/h6-8H,2-5,10H2,1H3/t8-/m1/s1. The predicted octanol–water partition coefficient (Wildman–Crippen LogP) is 0.348. The van der Waals surface area contributed by atoms with Gasteiger partial charge in [0.1, 0.15) is 0 Å². The van der Waals surface area contributed by atoms with Crippen LogP contribution in [0.2, 0.25) is 0 Å². The van der Waals surface area contributed by atoms with Crippen molar-refractivity contribution >= 4 is 5.69 Å². The zero-order valence-electron chi connectivity index (χ0n) is 7.98. The van der Waals surface area contributed by atoms with E-state index in [4.69, 9.17) is 5.73 Å². The quantitative estimate of drug-likeness (QED) is 0.714. The van der Waals surface area contributed by atoms with Gasteiger partial charge in [-0.05, 0) is 12.8 Å².